The van der Waals surface area contributed by atoms with Crippen LogP contribution in [0.3, 0.4) is 0 Å². The van der Waals surface area contributed by atoms with Gasteiger partial charge in [-0.3, -0.25) is 19.2 Å². The van der Waals surface area contributed by atoms with Gasteiger partial charge in [-0.25, -0.2) is 4.79 Å². The predicted molar refractivity (Wildman–Crippen MR) is 137 cm³/mol. The van der Waals surface area contributed by atoms with E-state index in [2.05, 4.69) is 10.6 Å². The van der Waals surface area contributed by atoms with Crippen molar-refractivity contribution in [3.05, 3.63) is 100 Å². The molecule has 0 aliphatic heterocycles. The second kappa shape index (κ2) is 10.6. The highest BCUT2D eigenvalue weighted by molar-refractivity contribution is 6.28. The van der Waals surface area contributed by atoms with E-state index < -0.39 is 30.4 Å². The van der Waals surface area contributed by atoms with Crippen molar-refractivity contribution in [2.45, 2.75) is 26.8 Å². The predicted octanol–water partition coefficient (Wildman–Crippen LogP) is 3.71. The number of hydrogen-bond donors (Lipinski definition) is 2. The molecular formula is C29H26N2O6. The molecule has 0 fully saturated rings. The van der Waals surface area contributed by atoms with Crippen LogP contribution in [-0.2, 0) is 14.3 Å². The molecule has 0 aromatic heterocycles. The molecule has 3 aromatic carbocycles. The number of ketones is 2. The van der Waals surface area contributed by atoms with E-state index >= 15 is 0 Å². The van der Waals surface area contributed by atoms with E-state index in [0.717, 1.165) is 5.56 Å². The van der Waals surface area contributed by atoms with Gasteiger partial charge in [0.15, 0.2) is 18.2 Å². The summed E-state index contributed by atoms with van der Waals surface area (Å²) in [7, 11) is 0. The molecule has 0 saturated heterocycles. The minimum absolute atomic E-state index is 0.192. The van der Waals surface area contributed by atoms with E-state index in [4.69, 9.17) is 4.74 Å². The minimum Gasteiger partial charge on any atom is -0.454 e. The van der Waals surface area contributed by atoms with Gasteiger partial charge in [0.2, 0.25) is 0 Å². The fourth-order valence-electron chi connectivity index (χ4n) is 4.11. The second-order valence-electron chi connectivity index (χ2n) is 9.18. The van der Waals surface area contributed by atoms with Crippen LogP contribution in [0.25, 0.3) is 0 Å². The molecule has 0 spiro atoms. The van der Waals surface area contributed by atoms with Crippen LogP contribution < -0.4 is 10.6 Å². The normalized spacial score (nSPS) is 12.9. The number of anilines is 1. The Balaban J connectivity index is 1.38. The molecule has 8 nitrogen and oxygen atoms in total. The molecule has 1 aliphatic carbocycles. The van der Waals surface area contributed by atoms with Crippen LogP contribution in [0.5, 0.6) is 0 Å². The van der Waals surface area contributed by atoms with Crippen molar-refractivity contribution in [2.75, 3.05) is 11.9 Å². The third-order valence-corrected chi connectivity index (χ3v) is 6.04. The van der Waals surface area contributed by atoms with Crippen molar-refractivity contribution in [2.24, 2.45) is 5.92 Å². The first-order valence-electron chi connectivity index (χ1n) is 11.8. The lowest BCUT2D eigenvalue weighted by atomic mass is 9.84. The first kappa shape index (κ1) is 25.5. The number of amides is 2. The van der Waals surface area contributed by atoms with Gasteiger partial charge < -0.3 is 15.4 Å². The van der Waals surface area contributed by atoms with Crippen LogP contribution in [0, 0.1) is 12.8 Å². The number of fused-ring (bicyclic) bond motifs is 2. The molecule has 4 rings (SSSR count). The summed E-state index contributed by atoms with van der Waals surface area (Å²) in [5, 5.41) is 5.25. The molecule has 37 heavy (non-hydrogen) atoms. The van der Waals surface area contributed by atoms with Gasteiger partial charge in [-0.15, -0.1) is 0 Å². The highest BCUT2D eigenvalue weighted by Crippen LogP contribution is 2.29. The van der Waals surface area contributed by atoms with Crippen molar-refractivity contribution in [1.82, 2.24) is 5.32 Å². The maximum atomic E-state index is 12.9. The Kier molecular flexibility index (Phi) is 7.29. The summed E-state index contributed by atoms with van der Waals surface area (Å²) in [5.74, 6) is -2.64. The Morgan fingerprint density at radius 1 is 0.811 bits per heavy atom. The molecule has 8 heteroatoms. The van der Waals surface area contributed by atoms with E-state index in [0.29, 0.717) is 16.7 Å². The Morgan fingerprint density at radius 2 is 1.46 bits per heavy atom. The van der Waals surface area contributed by atoms with Crippen molar-refractivity contribution < 1.29 is 28.7 Å². The van der Waals surface area contributed by atoms with E-state index in [-0.39, 0.29) is 34.3 Å². The fourth-order valence-corrected chi connectivity index (χ4v) is 4.11. The van der Waals surface area contributed by atoms with Crippen LogP contribution in [0.1, 0.15) is 61.6 Å². The smallest absolute Gasteiger partial charge is 0.329 e. The van der Waals surface area contributed by atoms with Crippen molar-refractivity contribution in [3.63, 3.8) is 0 Å². The number of carbonyl (C=O) groups is 5. The largest absolute Gasteiger partial charge is 0.454 e. The monoisotopic (exact) mass is 498 g/mol. The first-order valence-corrected chi connectivity index (χ1v) is 11.8. The molecule has 1 aliphatic rings. The van der Waals surface area contributed by atoms with Crippen molar-refractivity contribution >= 4 is 35.0 Å². The van der Waals surface area contributed by atoms with Gasteiger partial charge in [0.25, 0.3) is 11.8 Å². The summed E-state index contributed by atoms with van der Waals surface area (Å²) >= 11 is 0. The quantitative estimate of drug-likeness (QED) is 0.375. The van der Waals surface area contributed by atoms with Crippen LogP contribution in [-0.4, -0.2) is 42.0 Å². The van der Waals surface area contributed by atoms with E-state index in [1.807, 2.05) is 13.0 Å². The van der Waals surface area contributed by atoms with E-state index in [1.165, 1.54) is 18.2 Å². The number of ether oxygens (including phenoxy) is 1. The Bertz CT molecular complexity index is 1430. The topological polar surface area (TPSA) is 119 Å². The lowest BCUT2D eigenvalue weighted by Crippen LogP contribution is -2.46. The Labute approximate surface area is 214 Å². The van der Waals surface area contributed by atoms with Gasteiger partial charge in [-0.05, 0) is 43.2 Å². The zero-order chi connectivity index (χ0) is 26.7. The lowest BCUT2D eigenvalue weighted by molar-refractivity contribution is -0.150. The third-order valence-electron chi connectivity index (χ3n) is 6.04. The Hall–Kier alpha value is -4.59. The van der Waals surface area contributed by atoms with Crippen LogP contribution in [0.4, 0.5) is 5.69 Å². The summed E-state index contributed by atoms with van der Waals surface area (Å²) in [6.45, 7) is 4.78. The molecule has 0 bridgehead atoms. The number of nitrogens with one attached hydrogen (secondary N) is 2. The average molecular weight is 499 g/mol. The fraction of sp³-hybridized carbons (Fsp3) is 0.207. The maximum Gasteiger partial charge on any atom is 0.329 e. The molecule has 0 radical (unpaired) electrons. The van der Waals surface area contributed by atoms with Gasteiger partial charge in [0.05, 0.1) is 0 Å². The maximum absolute atomic E-state index is 12.9. The summed E-state index contributed by atoms with van der Waals surface area (Å²) < 4.78 is 5.17. The minimum atomic E-state index is -0.951. The average Bonchev–Trinajstić information content (AvgIpc) is 2.88. The number of benzene rings is 3. The highest BCUT2D eigenvalue weighted by Gasteiger charge is 2.30. The molecule has 2 amide bonds. The van der Waals surface area contributed by atoms with E-state index in [9.17, 15) is 24.0 Å². The zero-order valence-electron chi connectivity index (χ0n) is 20.7. The first-order chi connectivity index (χ1) is 17.7. The van der Waals surface area contributed by atoms with Gasteiger partial charge in [-0.2, -0.15) is 0 Å². The summed E-state index contributed by atoms with van der Waals surface area (Å²) in [6, 6.07) is 17.0. The summed E-state index contributed by atoms with van der Waals surface area (Å²) in [4.78, 5) is 63.4. The number of aryl methyl sites for hydroxylation is 1. The molecule has 3 aromatic rings. The number of rotatable bonds is 7. The second-order valence-corrected chi connectivity index (χ2v) is 9.18. The number of carbonyl (C=O) groups excluding carboxylic acids is 5. The van der Waals surface area contributed by atoms with Crippen LogP contribution in [0.15, 0.2) is 66.7 Å². The zero-order valence-corrected chi connectivity index (χ0v) is 20.7. The summed E-state index contributed by atoms with van der Waals surface area (Å²) in [6.07, 6.45) is 0. The Morgan fingerprint density at radius 3 is 2.11 bits per heavy atom. The number of esters is 1. The van der Waals surface area contributed by atoms with Gasteiger partial charge in [0.1, 0.15) is 6.04 Å². The number of hydrogen-bond acceptors (Lipinski definition) is 6. The molecule has 1 atom stereocenters. The molecule has 2 N–H and O–H groups in total. The lowest BCUT2D eigenvalue weighted by Gasteiger charge is -2.21. The van der Waals surface area contributed by atoms with Gasteiger partial charge >= 0.3 is 5.97 Å². The molecule has 0 unspecified atom stereocenters. The molecule has 0 heterocycles. The van der Waals surface area contributed by atoms with Gasteiger partial charge in [-0.1, -0.05) is 55.8 Å². The van der Waals surface area contributed by atoms with Crippen LogP contribution in [0.2, 0.25) is 0 Å². The van der Waals surface area contributed by atoms with Gasteiger partial charge in [0, 0.05) is 33.5 Å². The summed E-state index contributed by atoms with van der Waals surface area (Å²) in [5.41, 5.74) is 2.72. The molecule has 188 valence electrons. The standard InChI is InChI=1S/C29H26N2O6/c1-16(2)25(31-28(35)18-8-6-7-17(3)13-18)29(36)37-15-24(32)30-19-11-12-22-23(14-19)27(34)21-10-5-4-9-20(21)26(22)33/h4-14,16,25H,15H2,1-3H3,(H,30,32)(H,31,35)/t25-/m0/s1. The van der Waals surface area contributed by atoms with Crippen LogP contribution >= 0.6 is 0 Å². The van der Waals surface area contributed by atoms with E-state index in [1.54, 1.807) is 56.3 Å². The SMILES string of the molecule is Cc1cccc(C(=O)N[C@H](C(=O)OCC(=O)Nc2ccc3c(c2)C(=O)c2ccccc2C3=O)C(C)C)c1. The van der Waals surface area contributed by atoms with Crippen molar-refractivity contribution in [3.8, 4) is 0 Å². The third kappa shape index (κ3) is 5.48. The molecular weight excluding hydrogens is 472 g/mol. The highest BCUT2D eigenvalue weighted by atomic mass is 16.5. The molecule has 0 saturated carbocycles. The van der Waals surface area contributed by atoms with Crippen molar-refractivity contribution in [1.29, 1.82) is 0 Å².